The first-order valence-electron chi connectivity index (χ1n) is 6.84. The average Bonchev–Trinajstić information content (AvgIpc) is 2.90. The largest absolute Gasteiger partial charge is 0.396 e. The molecule has 1 atom stereocenters. The van der Waals surface area contributed by atoms with Crippen molar-refractivity contribution >= 4 is 0 Å². The van der Waals surface area contributed by atoms with E-state index in [1.807, 2.05) is 30.3 Å². The van der Waals surface area contributed by atoms with Crippen molar-refractivity contribution in [2.45, 2.75) is 31.5 Å². The Morgan fingerprint density at radius 1 is 1.15 bits per heavy atom. The van der Waals surface area contributed by atoms with Crippen molar-refractivity contribution in [3.8, 4) is 0 Å². The van der Waals surface area contributed by atoms with Gasteiger partial charge in [0.1, 0.15) is 6.79 Å². The molecule has 5 heteroatoms. The van der Waals surface area contributed by atoms with Crippen molar-refractivity contribution in [3.63, 3.8) is 0 Å². The van der Waals surface area contributed by atoms with E-state index in [0.29, 0.717) is 19.6 Å². The molecule has 0 aromatic heterocycles. The molecule has 1 aromatic carbocycles. The van der Waals surface area contributed by atoms with E-state index in [4.69, 9.17) is 24.8 Å². The van der Waals surface area contributed by atoms with Crippen LogP contribution in [-0.2, 0) is 16.1 Å². The molecule has 1 aliphatic heterocycles. The summed E-state index contributed by atoms with van der Waals surface area (Å²) in [7, 11) is 0. The minimum Gasteiger partial charge on any atom is -0.396 e. The minimum atomic E-state index is -0.750. The van der Waals surface area contributed by atoms with Gasteiger partial charge in [0.15, 0.2) is 0 Å². The van der Waals surface area contributed by atoms with Crippen LogP contribution in [0.4, 0.5) is 0 Å². The molecule has 20 heavy (non-hydrogen) atoms. The lowest BCUT2D eigenvalue weighted by molar-refractivity contribution is -0.0788. The highest BCUT2D eigenvalue weighted by Crippen LogP contribution is 2.29. The number of aliphatic hydroxyl groups is 3. The van der Waals surface area contributed by atoms with Crippen LogP contribution in [0, 0.1) is 0 Å². The molecule has 1 saturated heterocycles. The molecule has 2 rings (SSSR count). The molecular formula is C15H24O5. The van der Waals surface area contributed by atoms with Crippen LogP contribution >= 0.6 is 0 Å². The van der Waals surface area contributed by atoms with E-state index < -0.39 is 6.79 Å². The second kappa shape index (κ2) is 9.85. The highest BCUT2D eigenvalue weighted by molar-refractivity contribution is 5.13. The van der Waals surface area contributed by atoms with Crippen molar-refractivity contribution in [3.05, 3.63) is 35.9 Å². The molecule has 0 saturated carbocycles. The first-order chi connectivity index (χ1) is 9.76. The first kappa shape index (κ1) is 17.1. The van der Waals surface area contributed by atoms with Gasteiger partial charge in [0.25, 0.3) is 0 Å². The molecule has 1 aromatic rings. The van der Waals surface area contributed by atoms with Crippen molar-refractivity contribution in [1.29, 1.82) is 0 Å². The molecule has 1 heterocycles. The molecule has 114 valence electrons. The van der Waals surface area contributed by atoms with Gasteiger partial charge in [0.2, 0.25) is 0 Å². The van der Waals surface area contributed by atoms with Crippen molar-refractivity contribution in [2.24, 2.45) is 0 Å². The van der Waals surface area contributed by atoms with E-state index in [1.165, 1.54) is 5.56 Å². The summed E-state index contributed by atoms with van der Waals surface area (Å²) in [6.07, 6.45) is 2.72. The van der Waals surface area contributed by atoms with E-state index in [1.54, 1.807) is 0 Å². The third-order valence-electron chi connectivity index (χ3n) is 3.23. The zero-order chi connectivity index (χ0) is 14.7. The summed E-state index contributed by atoms with van der Waals surface area (Å²) < 4.78 is 11.5. The van der Waals surface area contributed by atoms with Crippen LogP contribution in [0.2, 0.25) is 0 Å². The van der Waals surface area contributed by atoms with Gasteiger partial charge in [-0.05, 0) is 18.4 Å². The number of benzene rings is 1. The summed E-state index contributed by atoms with van der Waals surface area (Å²) in [5.41, 5.74) is 0.924. The molecule has 1 fully saturated rings. The fraction of sp³-hybridized carbons (Fsp3) is 0.600. The Bertz CT molecular complexity index is 335. The molecule has 3 N–H and O–H groups in total. The van der Waals surface area contributed by atoms with Gasteiger partial charge in [-0.1, -0.05) is 30.3 Å². The number of ether oxygens (including phenoxy) is 2. The lowest BCUT2D eigenvalue weighted by atomic mass is 9.97. The second-order valence-corrected chi connectivity index (χ2v) is 4.73. The molecular weight excluding hydrogens is 260 g/mol. The van der Waals surface area contributed by atoms with Crippen LogP contribution in [0.1, 0.15) is 24.8 Å². The van der Waals surface area contributed by atoms with E-state index in [2.05, 4.69) is 0 Å². The Morgan fingerprint density at radius 2 is 1.85 bits per heavy atom. The van der Waals surface area contributed by atoms with Crippen molar-refractivity contribution < 1.29 is 24.8 Å². The molecule has 0 amide bonds. The lowest BCUT2D eigenvalue weighted by Gasteiger charge is -2.27. The lowest BCUT2D eigenvalue weighted by Crippen LogP contribution is -2.34. The highest BCUT2D eigenvalue weighted by atomic mass is 16.5. The molecule has 0 bridgehead atoms. The average molecular weight is 284 g/mol. The molecule has 1 aliphatic rings. The summed E-state index contributed by atoms with van der Waals surface area (Å²) in [6.45, 7) is 1.38. The number of aliphatic hydroxyl groups excluding tert-OH is 2. The SMILES string of the molecule is OCCC1(COCc2ccccc2)CCCO1.OCO. The third kappa shape index (κ3) is 5.98. The maximum Gasteiger partial charge on any atom is 0.140 e. The van der Waals surface area contributed by atoms with Gasteiger partial charge < -0.3 is 24.8 Å². The minimum absolute atomic E-state index is 0.161. The van der Waals surface area contributed by atoms with Gasteiger partial charge in [-0.3, -0.25) is 0 Å². The Labute approximate surface area is 119 Å². The second-order valence-electron chi connectivity index (χ2n) is 4.73. The fourth-order valence-electron chi connectivity index (χ4n) is 2.27. The topological polar surface area (TPSA) is 79.2 Å². The zero-order valence-electron chi connectivity index (χ0n) is 11.7. The standard InChI is InChI=1S/C14H20O3.CH4O2/c15-9-8-14(7-4-10-17-14)12-16-11-13-5-2-1-3-6-13;2-1-3/h1-3,5-6,15H,4,7-12H2;2-3H,1H2. The Kier molecular flexibility index (Phi) is 8.41. The van der Waals surface area contributed by atoms with E-state index >= 15 is 0 Å². The predicted octanol–water partition coefficient (Wildman–Crippen LogP) is 1.06. The van der Waals surface area contributed by atoms with E-state index in [9.17, 15) is 0 Å². The number of rotatable bonds is 6. The van der Waals surface area contributed by atoms with E-state index in [-0.39, 0.29) is 12.2 Å². The monoisotopic (exact) mass is 284 g/mol. The Balaban J connectivity index is 0.000000612. The van der Waals surface area contributed by atoms with Crippen LogP contribution < -0.4 is 0 Å². The van der Waals surface area contributed by atoms with Gasteiger partial charge in [-0.15, -0.1) is 0 Å². The van der Waals surface area contributed by atoms with Crippen LogP contribution in [0.15, 0.2) is 30.3 Å². The summed E-state index contributed by atoms with van der Waals surface area (Å²) >= 11 is 0. The smallest absolute Gasteiger partial charge is 0.140 e. The van der Waals surface area contributed by atoms with Crippen molar-refractivity contribution in [1.82, 2.24) is 0 Å². The summed E-state index contributed by atoms with van der Waals surface area (Å²) in [5.74, 6) is 0. The summed E-state index contributed by atoms with van der Waals surface area (Å²) in [6, 6.07) is 10.1. The van der Waals surface area contributed by atoms with Crippen molar-refractivity contribution in [2.75, 3.05) is 26.6 Å². The summed E-state index contributed by atoms with van der Waals surface area (Å²) in [4.78, 5) is 0. The zero-order valence-corrected chi connectivity index (χ0v) is 11.7. The Morgan fingerprint density at radius 3 is 2.40 bits per heavy atom. The highest BCUT2D eigenvalue weighted by Gasteiger charge is 2.34. The van der Waals surface area contributed by atoms with Gasteiger partial charge in [0, 0.05) is 19.6 Å². The van der Waals surface area contributed by atoms with Crippen LogP contribution in [0.5, 0.6) is 0 Å². The first-order valence-corrected chi connectivity index (χ1v) is 6.84. The maximum atomic E-state index is 9.07. The third-order valence-corrected chi connectivity index (χ3v) is 3.23. The molecule has 5 nitrogen and oxygen atoms in total. The Hall–Kier alpha value is -0.980. The van der Waals surface area contributed by atoms with Crippen LogP contribution in [-0.4, -0.2) is 47.5 Å². The van der Waals surface area contributed by atoms with Gasteiger partial charge in [0.05, 0.1) is 18.8 Å². The fourth-order valence-corrected chi connectivity index (χ4v) is 2.27. The maximum absolute atomic E-state index is 9.07. The van der Waals surface area contributed by atoms with Gasteiger partial charge in [-0.2, -0.15) is 0 Å². The molecule has 0 spiro atoms. The van der Waals surface area contributed by atoms with Crippen LogP contribution in [0.25, 0.3) is 0 Å². The quantitative estimate of drug-likeness (QED) is 0.681. The van der Waals surface area contributed by atoms with Crippen LogP contribution in [0.3, 0.4) is 0 Å². The van der Waals surface area contributed by atoms with E-state index in [0.717, 1.165) is 19.4 Å². The molecule has 1 unspecified atom stereocenters. The van der Waals surface area contributed by atoms with Gasteiger partial charge >= 0.3 is 0 Å². The molecule has 0 radical (unpaired) electrons. The predicted molar refractivity (Wildman–Crippen MR) is 75.0 cm³/mol. The number of hydrogen-bond acceptors (Lipinski definition) is 5. The molecule has 0 aliphatic carbocycles. The summed E-state index contributed by atoms with van der Waals surface area (Å²) in [5, 5.41) is 23.3. The van der Waals surface area contributed by atoms with Gasteiger partial charge in [-0.25, -0.2) is 0 Å². The normalized spacial score (nSPS) is 21.4. The number of hydrogen-bond donors (Lipinski definition) is 3.